The van der Waals surface area contributed by atoms with E-state index in [-0.39, 0.29) is 0 Å². The number of ether oxygens (including phenoxy) is 1. The van der Waals surface area contributed by atoms with E-state index in [1.54, 1.807) is 0 Å². The first kappa shape index (κ1) is 15.3. The van der Waals surface area contributed by atoms with Crippen LogP contribution in [-0.2, 0) is 4.74 Å². The molecular formula is C17H33NO. The van der Waals surface area contributed by atoms with Crippen molar-refractivity contribution >= 4 is 0 Å². The van der Waals surface area contributed by atoms with Gasteiger partial charge in [-0.05, 0) is 55.3 Å². The van der Waals surface area contributed by atoms with Gasteiger partial charge >= 0.3 is 0 Å². The van der Waals surface area contributed by atoms with Crippen molar-refractivity contribution in [2.24, 2.45) is 23.2 Å². The van der Waals surface area contributed by atoms with Gasteiger partial charge in [-0.3, -0.25) is 0 Å². The smallest absolute Gasteiger partial charge is 0.0468 e. The van der Waals surface area contributed by atoms with E-state index in [9.17, 15) is 0 Å². The van der Waals surface area contributed by atoms with Crippen LogP contribution in [0.15, 0.2) is 0 Å². The zero-order chi connectivity index (χ0) is 13.9. The Morgan fingerprint density at radius 1 is 1.26 bits per heavy atom. The molecule has 0 heterocycles. The van der Waals surface area contributed by atoms with E-state index in [1.165, 1.54) is 45.1 Å². The predicted octanol–water partition coefficient (Wildman–Crippen LogP) is 3.85. The van der Waals surface area contributed by atoms with E-state index >= 15 is 0 Å². The minimum Gasteiger partial charge on any atom is -0.385 e. The Kier molecular flexibility index (Phi) is 5.30. The first-order valence-electron chi connectivity index (χ1n) is 8.29. The van der Waals surface area contributed by atoms with Crippen molar-refractivity contribution in [1.29, 1.82) is 0 Å². The van der Waals surface area contributed by atoms with E-state index in [4.69, 9.17) is 4.74 Å². The Morgan fingerprint density at radius 2 is 2.00 bits per heavy atom. The summed E-state index contributed by atoms with van der Waals surface area (Å²) >= 11 is 0. The monoisotopic (exact) mass is 267 g/mol. The van der Waals surface area contributed by atoms with Crippen LogP contribution >= 0.6 is 0 Å². The molecule has 1 N–H and O–H groups in total. The molecule has 0 saturated heterocycles. The lowest BCUT2D eigenvalue weighted by Gasteiger charge is -2.38. The average molecular weight is 267 g/mol. The summed E-state index contributed by atoms with van der Waals surface area (Å²) in [7, 11) is 1.82. The fraction of sp³-hybridized carbons (Fsp3) is 1.00. The van der Waals surface area contributed by atoms with Crippen molar-refractivity contribution in [2.75, 3.05) is 20.3 Å². The molecule has 112 valence electrons. The molecule has 0 radical (unpaired) electrons. The van der Waals surface area contributed by atoms with Gasteiger partial charge in [0.2, 0.25) is 0 Å². The van der Waals surface area contributed by atoms with E-state index < -0.39 is 0 Å². The quantitative estimate of drug-likeness (QED) is 0.756. The van der Waals surface area contributed by atoms with Crippen molar-refractivity contribution in [3.05, 3.63) is 0 Å². The third-order valence-corrected chi connectivity index (χ3v) is 5.56. The maximum Gasteiger partial charge on any atom is 0.0468 e. The van der Waals surface area contributed by atoms with E-state index in [1.807, 2.05) is 7.11 Å². The van der Waals surface area contributed by atoms with Crippen molar-refractivity contribution < 1.29 is 4.74 Å². The van der Waals surface area contributed by atoms with Gasteiger partial charge in [0.25, 0.3) is 0 Å². The third kappa shape index (κ3) is 4.19. The topological polar surface area (TPSA) is 21.3 Å². The molecule has 0 aromatic carbocycles. The highest BCUT2D eigenvalue weighted by Crippen LogP contribution is 2.48. The summed E-state index contributed by atoms with van der Waals surface area (Å²) in [5.74, 6) is 2.61. The maximum absolute atomic E-state index is 5.26. The molecule has 0 spiro atoms. The summed E-state index contributed by atoms with van der Waals surface area (Å²) in [4.78, 5) is 0. The number of rotatable bonds is 7. The summed E-state index contributed by atoms with van der Waals surface area (Å²) in [5, 5.41) is 3.94. The van der Waals surface area contributed by atoms with Crippen LogP contribution in [0, 0.1) is 23.2 Å². The van der Waals surface area contributed by atoms with Gasteiger partial charge in [-0.15, -0.1) is 0 Å². The van der Waals surface area contributed by atoms with Gasteiger partial charge in [0, 0.05) is 26.3 Å². The van der Waals surface area contributed by atoms with E-state index in [2.05, 4.69) is 26.1 Å². The minimum absolute atomic E-state index is 0.582. The highest BCUT2D eigenvalue weighted by Gasteiger charge is 2.42. The second-order valence-corrected chi connectivity index (χ2v) is 7.56. The number of methoxy groups -OCH3 is 1. The predicted molar refractivity (Wildman–Crippen MR) is 81.3 cm³/mol. The highest BCUT2D eigenvalue weighted by molar-refractivity contribution is 4.96. The summed E-state index contributed by atoms with van der Waals surface area (Å²) in [5.41, 5.74) is 0.582. The molecule has 0 bridgehead atoms. The Hall–Kier alpha value is -0.0800. The Morgan fingerprint density at radius 3 is 2.58 bits per heavy atom. The number of hydrogen-bond acceptors (Lipinski definition) is 2. The summed E-state index contributed by atoms with van der Waals surface area (Å²) < 4.78 is 5.26. The van der Waals surface area contributed by atoms with Crippen LogP contribution in [0.4, 0.5) is 0 Å². The SMILES string of the molecule is COCCC1(CNC2CC(C)CCC2C(C)C)CC1. The van der Waals surface area contributed by atoms with Crippen LogP contribution in [0.1, 0.15) is 59.3 Å². The molecule has 2 aliphatic rings. The Bertz CT molecular complexity index is 272. The maximum atomic E-state index is 5.26. The van der Waals surface area contributed by atoms with Gasteiger partial charge < -0.3 is 10.1 Å². The molecular weight excluding hydrogens is 234 g/mol. The van der Waals surface area contributed by atoms with Crippen LogP contribution in [0.3, 0.4) is 0 Å². The minimum atomic E-state index is 0.582. The second-order valence-electron chi connectivity index (χ2n) is 7.56. The Labute approximate surface area is 119 Å². The first-order valence-corrected chi connectivity index (χ1v) is 8.29. The number of hydrogen-bond donors (Lipinski definition) is 1. The lowest BCUT2D eigenvalue weighted by molar-refractivity contribution is 0.147. The molecule has 2 fully saturated rings. The van der Waals surface area contributed by atoms with Crippen LogP contribution < -0.4 is 5.32 Å². The highest BCUT2D eigenvalue weighted by atomic mass is 16.5. The summed E-state index contributed by atoms with van der Waals surface area (Å²) in [6, 6.07) is 0.753. The van der Waals surface area contributed by atoms with Gasteiger partial charge in [0.15, 0.2) is 0 Å². The molecule has 2 aliphatic carbocycles. The van der Waals surface area contributed by atoms with Crippen LogP contribution in [-0.4, -0.2) is 26.3 Å². The fourth-order valence-corrected chi connectivity index (χ4v) is 3.80. The lowest BCUT2D eigenvalue weighted by Crippen LogP contribution is -2.45. The molecule has 2 nitrogen and oxygen atoms in total. The molecule has 2 heteroatoms. The zero-order valence-corrected chi connectivity index (χ0v) is 13.4. The molecule has 0 aromatic rings. The fourth-order valence-electron chi connectivity index (χ4n) is 3.80. The molecule has 2 rings (SSSR count). The van der Waals surface area contributed by atoms with Gasteiger partial charge in [0.05, 0.1) is 0 Å². The van der Waals surface area contributed by atoms with Crippen LogP contribution in [0.25, 0.3) is 0 Å². The molecule has 2 saturated carbocycles. The van der Waals surface area contributed by atoms with Gasteiger partial charge in [-0.2, -0.15) is 0 Å². The molecule has 0 amide bonds. The van der Waals surface area contributed by atoms with E-state index in [0.717, 1.165) is 30.4 Å². The normalized spacial score (nSPS) is 33.6. The van der Waals surface area contributed by atoms with Gasteiger partial charge in [-0.1, -0.05) is 27.2 Å². The van der Waals surface area contributed by atoms with Gasteiger partial charge in [0.1, 0.15) is 0 Å². The van der Waals surface area contributed by atoms with Crippen molar-refractivity contribution in [1.82, 2.24) is 5.32 Å². The third-order valence-electron chi connectivity index (χ3n) is 5.56. The molecule has 0 aromatic heterocycles. The molecule has 3 unspecified atom stereocenters. The van der Waals surface area contributed by atoms with Crippen LogP contribution in [0.5, 0.6) is 0 Å². The average Bonchev–Trinajstić information content (AvgIpc) is 3.14. The Balaban J connectivity index is 1.82. The van der Waals surface area contributed by atoms with E-state index in [0.29, 0.717) is 5.41 Å². The second kappa shape index (κ2) is 6.58. The number of nitrogens with one attached hydrogen (secondary N) is 1. The molecule has 19 heavy (non-hydrogen) atoms. The lowest BCUT2D eigenvalue weighted by atomic mass is 9.74. The van der Waals surface area contributed by atoms with Crippen molar-refractivity contribution in [3.8, 4) is 0 Å². The summed E-state index contributed by atoms with van der Waals surface area (Å²) in [6.45, 7) is 9.36. The van der Waals surface area contributed by atoms with Gasteiger partial charge in [-0.25, -0.2) is 0 Å². The summed E-state index contributed by atoms with van der Waals surface area (Å²) in [6.07, 6.45) is 8.27. The standard InChI is InChI=1S/C17H33NO/c1-13(2)15-6-5-14(3)11-16(15)18-12-17(7-8-17)9-10-19-4/h13-16,18H,5-12H2,1-4H3. The van der Waals surface area contributed by atoms with Crippen molar-refractivity contribution in [3.63, 3.8) is 0 Å². The van der Waals surface area contributed by atoms with Crippen molar-refractivity contribution in [2.45, 2.75) is 65.3 Å². The zero-order valence-electron chi connectivity index (χ0n) is 13.4. The molecule has 3 atom stereocenters. The first-order chi connectivity index (χ1) is 9.06. The largest absolute Gasteiger partial charge is 0.385 e. The van der Waals surface area contributed by atoms with Crippen LogP contribution in [0.2, 0.25) is 0 Å². The molecule has 0 aliphatic heterocycles.